The number of amides is 1. The first kappa shape index (κ1) is 20.9. The first-order valence-electron chi connectivity index (χ1n) is 6.91. The van der Waals surface area contributed by atoms with E-state index in [1.807, 2.05) is 16.8 Å². The minimum Gasteiger partial charge on any atom is -0.351 e. The van der Waals surface area contributed by atoms with E-state index in [2.05, 4.69) is 31.5 Å². The summed E-state index contributed by atoms with van der Waals surface area (Å²) in [5.41, 5.74) is 0.518. The average molecular weight is 459 g/mol. The molecule has 1 saturated heterocycles. The van der Waals surface area contributed by atoms with Gasteiger partial charge in [-0.15, -0.1) is 47.5 Å². The number of thiophene rings is 1. The number of carbonyl (C=O) groups excluding carboxylic acids is 1. The molecule has 3 heterocycles. The van der Waals surface area contributed by atoms with Crippen molar-refractivity contribution in [1.82, 2.24) is 15.6 Å². The van der Waals surface area contributed by atoms with Gasteiger partial charge in [-0.05, 0) is 53.8 Å². The molecule has 0 spiro atoms. The zero-order valence-electron chi connectivity index (χ0n) is 12.2. The summed E-state index contributed by atoms with van der Waals surface area (Å²) in [4.78, 5) is 17.6. The summed E-state index contributed by atoms with van der Waals surface area (Å²) in [6, 6.07) is 2.03. The first-order valence-corrected chi connectivity index (χ1v) is 9.46. The van der Waals surface area contributed by atoms with Crippen LogP contribution in [0.1, 0.15) is 23.3 Å². The van der Waals surface area contributed by atoms with Gasteiger partial charge in [0.1, 0.15) is 10.7 Å². The number of nitrogens with zero attached hydrogens (tertiary/aromatic N) is 1. The van der Waals surface area contributed by atoms with E-state index in [1.54, 1.807) is 11.3 Å². The molecular formula is C14H18BrCl2N3OS2. The maximum Gasteiger partial charge on any atom is 0.270 e. The van der Waals surface area contributed by atoms with Gasteiger partial charge < -0.3 is 10.6 Å². The lowest BCUT2D eigenvalue weighted by Crippen LogP contribution is -2.26. The first-order chi connectivity index (χ1) is 10.2. The molecule has 1 amide bonds. The molecule has 9 heteroatoms. The van der Waals surface area contributed by atoms with Gasteiger partial charge >= 0.3 is 0 Å². The number of aromatic nitrogens is 1. The van der Waals surface area contributed by atoms with Crippen molar-refractivity contribution in [2.75, 3.05) is 19.6 Å². The minimum atomic E-state index is -0.0703. The van der Waals surface area contributed by atoms with Gasteiger partial charge in [-0.2, -0.15) is 0 Å². The second kappa shape index (κ2) is 9.96. The largest absolute Gasteiger partial charge is 0.351 e. The van der Waals surface area contributed by atoms with Crippen molar-refractivity contribution in [2.24, 2.45) is 5.92 Å². The van der Waals surface area contributed by atoms with Crippen molar-refractivity contribution in [3.05, 3.63) is 27.0 Å². The molecule has 2 N–H and O–H groups in total. The standard InChI is InChI=1S/C14H16BrN3OS2.2ClH/c15-10-5-12(20-7-10)14-18-11(8-21-14)13(19)17-4-2-9-1-3-16-6-9;;/h5,7-9,16H,1-4,6H2,(H,17,19);2*1H. The molecule has 0 aliphatic carbocycles. The Bertz CT molecular complexity index is 629. The van der Waals surface area contributed by atoms with Crippen LogP contribution in [0.3, 0.4) is 0 Å². The molecule has 23 heavy (non-hydrogen) atoms. The number of rotatable bonds is 5. The Hall–Kier alpha value is -0.180. The van der Waals surface area contributed by atoms with E-state index in [0.29, 0.717) is 11.6 Å². The number of thiazole rings is 1. The molecule has 1 aliphatic rings. The van der Waals surface area contributed by atoms with Crippen LogP contribution in [0.2, 0.25) is 0 Å². The summed E-state index contributed by atoms with van der Waals surface area (Å²) in [6.07, 6.45) is 2.25. The molecule has 4 nitrogen and oxygen atoms in total. The van der Waals surface area contributed by atoms with Gasteiger partial charge in [-0.25, -0.2) is 4.98 Å². The Morgan fingerprint density at radius 3 is 2.87 bits per heavy atom. The van der Waals surface area contributed by atoms with Gasteiger partial charge in [-0.3, -0.25) is 4.79 Å². The van der Waals surface area contributed by atoms with Gasteiger partial charge in [0.05, 0.1) is 4.88 Å². The van der Waals surface area contributed by atoms with Crippen molar-refractivity contribution >= 4 is 69.3 Å². The van der Waals surface area contributed by atoms with Crippen LogP contribution in [0.15, 0.2) is 21.3 Å². The summed E-state index contributed by atoms with van der Waals surface area (Å²) in [5.74, 6) is 0.624. The van der Waals surface area contributed by atoms with Gasteiger partial charge in [0.2, 0.25) is 0 Å². The third kappa shape index (κ3) is 5.69. The molecule has 0 bridgehead atoms. The number of nitrogens with one attached hydrogen (secondary N) is 2. The van der Waals surface area contributed by atoms with Crippen molar-refractivity contribution in [2.45, 2.75) is 12.8 Å². The fraction of sp³-hybridized carbons (Fsp3) is 0.429. The summed E-state index contributed by atoms with van der Waals surface area (Å²) < 4.78 is 1.05. The van der Waals surface area contributed by atoms with E-state index in [4.69, 9.17) is 0 Å². The van der Waals surface area contributed by atoms with Crippen LogP contribution in [0.4, 0.5) is 0 Å². The molecule has 1 atom stereocenters. The van der Waals surface area contributed by atoms with E-state index < -0.39 is 0 Å². The summed E-state index contributed by atoms with van der Waals surface area (Å²) >= 11 is 6.57. The molecule has 0 saturated carbocycles. The Kier molecular flexibility index (Phi) is 9.03. The fourth-order valence-electron chi connectivity index (χ4n) is 2.36. The third-order valence-electron chi connectivity index (χ3n) is 3.52. The molecule has 2 aromatic heterocycles. The number of hydrogen-bond acceptors (Lipinski definition) is 5. The maximum absolute atomic E-state index is 12.1. The lowest BCUT2D eigenvalue weighted by molar-refractivity contribution is 0.0947. The molecule has 2 aromatic rings. The number of halogens is 3. The lowest BCUT2D eigenvalue weighted by atomic mass is 10.1. The van der Waals surface area contributed by atoms with E-state index >= 15 is 0 Å². The molecular weight excluding hydrogens is 441 g/mol. The Morgan fingerprint density at radius 2 is 2.22 bits per heavy atom. The van der Waals surface area contributed by atoms with Gasteiger partial charge in [0.15, 0.2) is 0 Å². The smallest absolute Gasteiger partial charge is 0.270 e. The molecule has 0 aromatic carbocycles. The number of carbonyl (C=O) groups is 1. The van der Waals surface area contributed by atoms with Crippen LogP contribution < -0.4 is 10.6 Å². The quantitative estimate of drug-likeness (QED) is 0.705. The molecule has 1 unspecified atom stereocenters. The van der Waals surface area contributed by atoms with Crippen molar-refractivity contribution in [3.8, 4) is 9.88 Å². The molecule has 1 fully saturated rings. The zero-order valence-corrected chi connectivity index (χ0v) is 17.1. The highest BCUT2D eigenvalue weighted by atomic mass is 79.9. The monoisotopic (exact) mass is 457 g/mol. The Morgan fingerprint density at radius 1 is 1.39 bits per heavy atom. The van der Waals surface area contributed by atoms with Crippen molar-refractivity contribution in [1.29, 1.82) is 0 Å². The highest BCUT2D eigenvalue weighted by Crippen LogP contribution is 2.31. The van der Waals surface area contributed by atoms with E-state index in [1.165, 1.54) is 17.8 Å². The Labute approximate surface area is 164 Å². The Balaban J connectivity index is 0.00000132. The van der Waals surface area contributed by atoms with E-state index in [9.17, 15) is 4.79 Å². The van der Waals surface area contributed by atoms with E-state index in [-0.39, 0.29) is 30.7 Å². The molecule has 1 aliphatic heterocycles. The third-order valence-corrected chi connectivity index (χ3v) is 6.22. The topological polar surface area (TPSA) is 54.0 Å². The van der Waals surface area contributed by atoms with Gasteiger partial charge in [0.25, 0.3) is 5.91 Å². The predicted octanol–water partition coefficient (Wildman–Crippen LogP) is 4.21. The number of hydrogen-bond donors (Lipinski definition) is 2. The molecule has 3 rings (SSSR count). The van der Waals surface area contributed by atoms with Crippen LogP contribution in [0.25, 0.3) is 9.88 Å². The molecule has 0 radical (unpaired) electrons. The maximum atomic E-state index is 12.1. The van der Waals surface area contributed by atoms with Crippen molar-refractivity contribution in [3.63, 3.8) is 0 Å². The van der Waals surface area contributed by atoms with Crippen LogP contribution in [0.5, 0.6) is 0 Å². The van der Waals surface area contributed by atoms with Crippen LogP contribution in [-0.2, 0) is 0 Å². The highest BCUT2D eigenvalue weighted by molar-refractivity contribution is 9.10. The zero-order chi connectivity index (χ0) is 14.7. The summed E-state index contributed by atoms with van der Waals surface area (Å²) in [5, 5.41) is 11.1. The van der Waals surface area contributed by atoms with Crippen molar-refractivity contribution < 1.29 is 4.79 Å². The molecule has 128 valence electrons. The average Bonchev–Trinajstić information content (AvgIpc) is 3.19. The summed E-state index contributed by atoms with van der Waals surface area (Å²) in [6.45, 7) is 2.90. The van der Waals surface area contributed by atoms with E-state index in [0.717, 1.165) is 40.4 Å². The van der Waals surface area contributed by atoms with Gasteiger partial charge in [-0.1, -0.05) is 0 Å². The predicted molar refractivity (Wildman–Crippen MR) is 106 cm³/mol. The summed E-state index contributed by atoms with van der Waals surface area (Å²) in [7, 11) is 0. The normalized spacial score (nSPS) is 16.5. The fourth-order valence-corrected chi connectivity index (χ4v) is 4.67. The lowest BCUT2D eigenvalue weighted by Gasteiger charge is -2.08. The second-order valence-electron chi connectivity index (χ2n) is 5.07. The SMILES string of the molecule is Cl.Cl.O=C(NCCC1CCNC1)c1csc(-c2cc(Br)cs2)n1. The second-order valence-corrected chi connectivity index (χ2v) is 7.76. The van der Waals surface area contributed by atoms with Crippen LogP contribution in [-0.4, -0.2) is 30.5 Å². The minimum absolute atomic E-state index is 0. The van der Waals surface area contributed by atoms with Gasteiger partial charge in [0, 0.05) is 21.8 Å². The van der Waals surface area contributed by atoms with Crippen LogP contribution in [0, 0.1) is 5.92 Å². The van der Waals surface area contributed by atoms with Crippen LogP contribution >= 0.6 is 63.4 Å². The highest BCUT2D eigenvalue weighted by Gasteiger charge is 2.16.